The summed E-state index contributed by atoms with van der Waals surface area (Å²) >= 11 is 0. The van der Waals surface area contributed by atoms with Gasteiger partial charge in [0.25, 0.3) is 5.91 Å². The molecule has 0 unspecified atom stereocenters. The second kappa shape index (κ2) is 9.89. The van der Waals surface area contributed by atoms with Crippen molar-refractivity contribution in [2.24, 2.45) is 0 Å². The summed E-state index contributed by atoms with van der Waals surface area (Å²) in [4.78, 5) is 20.6. The molecule has 6 nitrogen and oxygen atoms in total. The number of nitrogens with zero attached hydrogens (tertiary/aromatic N) is 3. The van der Waals surface area contributed by atoms with Gasteiger partial charge in [0, 0.05) is 37.3 Å². The minimum atomic E-state index is -0.217. The molecule has 1 saturated carbocycles. The van der Waals surface area contributed by atoms with E-state index in [0.717, 1.165) is 56.5 Å². The molecule has 1 aliphatic heterocycles. The van der Waals surface area contributed by atoms with E-state index < -0.39 is 0 Å². The van der Waals surface area contributed by atoms with Crippen molar-refractivity contribution in [3.63, 3.8) is 0 Å². The summed E-state index contributed by atoms with van der Waals surface area (Å²) in [6, 6.07) is 20.8. The maximum absolute atomic E-state index is 13.9. The molecule has 0 bridgehead atoms. The van der Waals surface area contributed by atoms with Gasteiger partial charge < -0.3 is 19.9 Å². The maximum atomic E-state index is 13.9. The average molecular weight is 445 g/mol. The molecule has 2 N–H and O–H groups in total. The lowest BCUT2D eigenvalue weighted by Gasteiger charge is -2.36. The van der Waals surface area contributed by atoms with Crippen LogP contribution in [0.25, 0.3) is 11.3 Å². The fourth-order valence-corrected chi connectivity index (χ4v) is 5.25. The van der Waals surface area contributed by atoms with Gasteiger partial charge in [0.15, 0.2) is 5.69 Å². The zero-order valence-corrected chi connectivity index (χ0v) is 18.9. The van der Waals surface area contributed by atoms with Crippen LogP contribution in [0, 0.1) is 0 Å². The molecule has 1 atom stereocenters. The number of aliphatic hydroxyl groups is 1. The Balaban J connectivity index is 1.48. The van der Waals surface area contributed by atoms with E-state index in [1.165, 1.54) is 5.56 Å². The summed E-state index contributed by atoms with van der Waals surface area (Å²) < 4.78 is 2.18. The van der Waals surface area contributed by atoms with Gasteiger partial charge in [0.1, 0.15) is 0 Å². The molecule has 1 aliphatic carbocycles. The zero-order valence-electron chi connectivity index (χ0n) is 18.9. The Bertz CT molecular complexity index is 1060. The summed E-state index contributed by atoms with van der Waals surface area (Å²) in [5.41, 5.74) is 3.68. The van der Waals surface area contributed by atoms with Crippen LogP contribution in [-0.2, 0) is 6.42 Å². The van der Waals surface area contributed by atoms with E-state index in [0.29, 0.717) is 12.2 Å². The van der Waals surface area contributed by atoms with Crippen LogP contribution in [0.3, 0.4) is 0 Å². The molecule has 2 fully saturated rings. The van der Waals surface area contributed by atoms with Crippen LogP contribution in [0.4, 0.5) is 0 Å². The Hall–Kier alpha value is -2.96. The Morgan fingerprint density at radius 3 is 2.42 bits per heavy atom. The lowest BCUT2D eigenvalue weighted by Crippen LogP contribution is -2.54. The molecule has 2 heterocycles. The highest BCUT2D eigenvalue weighted by molar-refractivity contribution is 5.98. The summed E-state index contributed by atoms with van der Waals surface area (Å²) in [7, 11) is 0. The van der Waals surface area contributed by atoms with Crippen LogP contribution in [0.2, 0.25) is 0 Å². The van der Waals surface area contributed by atoms with Gasteiger partial charge in [-0.05, 0) is 37.7 Å². The standard InChI is InChI=1S/C27H32N4O2/c32-24-13-11-22(12-14-24)31-19-29-25(26(31)21-9-5-2-6-10-21)27(33)30-16-15-28-18-23(30)17-20-7-3-1-4-8-20/h1-10,19,22-24,28,32H,11-18H2/t22?,23-,24?/m1/s1. The monoisotopic (exact) mass is 444 g/mol. The molecule has 0 radical (unpaired) electrons. The van der Waals surface area contributed by atoms with Crippen molar-refractivity contribution in [2.75, 3.05) is 19.6 Å². The van der Waals surface area contributed by atoms with Crippen LogP contribution in [0.15, 0.2) is 67.0 Å². The first-order chi connectivity index (χ1) is 16.2. The molecular weight excluding hydrogens is 412 g/mol. The number of amides is 1. The topological polar surface area (TPSA) is 70.4 Å². The zero-order chi connectivity index (χ0) is 22.6. The fourth-order valence-electron chi connectivity index (χ4n) is 5.25. The number of hydrogen-bond acceptors (Lipinski definition) is 4. The number of carbonyl (C=O) groups excluding carboxylic acids is 1. The molecule has 1 amide bonds. The summed E-state index contributed by atoms with van der Waals surface area (Å²) in [5.74, 6) is 0.00544. The van der Waals surface area contributed by atoms with E-state index in [1.807, 2.05) is 47.6 Å². The molecule has 33 heavy (non-hydrogen) atoms. The predicted molar refractivity (Wildman–Crippen MR) is 129 cm³/mol. The highest BCUT2D eigenvalue weighted by atomic mass is 16.3. The molecule has 2 aromatic carbocycles. The molecule has 2 aliphatic rings. The van der Waals surface area contributed by atoms with Crippen LogP contribution < -0.4 is 5.32 Å². The lowest BCUT2D eigenvalue weighted by molar-refractivity contribution is 0.0631. The molecule has 3 aromatic rings. The van der Waals surface area contributed by atoms with Crippen molar-refractivity contribution in [1.82, 2.24) is 19.8 Å². The molecule has 0 spiro atoms. The third-order valence-electron chi connectivity index (χ3n) is 7.03. The molecule has 1 saturated heterocycles. The highest BCUT2D eigenvalue weighted by Gasteiger charge is 2.33. The van der Waals surface area contributed by atoms with E-state index in [9.17, 15) is 9.90 Å². The third-order valence-corrected chi connectivity index (χ3v) is 7.03. The van der Waals surface area contributed by atoms with E-state index >= 15 is 0 Å². The number of aliphatic hydroxyl groups excluding tert-OH is 1. The molecule has 5 rings (SSSR count). The molecular formula is C27H32N4O2. The van der Waals surface area contributed by atoms with E-state index in [4.69, 9.17) is 4.98 Å². The van der Waals surface area contributed by atoms with Crippen LogP contribution in [-0.4, -0.2) is 57.2 Å². The van der Waals surface area contributed by atoms with Crippen molar-refractivity contribution in [3.05, 3.63) is 78.2 Å². The first-order valence-electron chi connectivity index (χ1n) is 12.1. The van der Waals surface area contributed by atoms with Gasteiger partial charge in [-0.3, -0.25) is 4.79 Å². The van der Waals surface area contributed by atoms with E-state index in [-0.39, 0.29) is 24.1 Å². The molecule has 1 aromatic heterocycles. The number of aromatic nitrogens is 2. The van der Waals surface area contributed by atoms with Gasteiger partial charge in [0.2, 0.25) is 0 Å². The molecule has 172 valence electrons. The Morgan fingerprint density at radius 1 is 1.00 bits per heavy atom. The maximum Gasteiger partial charge on any atom is 0.275 e. The summed E-state index contributed by atoms with van der Waals surface area (Å²) in [6.07, 6.45) is 5.82. The minimum Gasteiger partial charge on any atom is -0.393 e. The first kappa shape index (κ1) is 21.9. The van der Waals surface area contributed by atoms with Gasteiger partial charge in [-0.25, -0.2) is 4.98 Å². The van der Waals surface area contributed by atoms with Crippen molar-refractivity contribution in [1.29, 1.82) is 0 Å². The fraction of sp³-hybridized carbons (Fsp3) is 0.407. The van der Waals surface area contributed by atoms with Crippen LogP contribution in [0.1, 0.15) is 47.8 Å². The average Bonchev–Trinajstić information content (AvgIpc) is 3.31. The normalized spacial score (nSPS) is 23.4. The summed E-state index contributed by atoms with van der Waals surface area (Å²) in [6.45, 7) is 2.24. The van der Waals surface area contributed by atoms with Gasteiger partial charge in [-0.2, -0.15) is 0 Å². The predicted octanol–water partition coefficient (Wildman–Crippen LogP) is 3.68. The van der Waals surface area contributed by atoms with Gasteiger partial charge in [0.05, 0.1) is 18.1 Å². The van der Waals surface area contributed by atoms with Gasteiger partial charge >= 0.3 is 0 Å². The quantitative estimate of drug-likeness (QED) is 0.630. The van der Waals surface area contributed by atoms with Crippen molar-refractivity contribution in [2.45, 2.75) is 50.3 Å². The first-order valence-corrected chi connectivity index (χ1v) is 12.1. The van der Waals surface area contributed by atoms with Crippen molar-refractivity contribution >= 4 is 5.91 Å². The molecule has 6 heteroatoms. The highest BCUT2D eigenvalue weighted by Crippen LogP contribution is 2.35. The number of nitrogens with one attached hydrogen (secondary N) is 1. The number of piperazine rings is 1. The SMILES string of the molecule is O=C(c1ncn(C2CCC(O)CC2)c1-c1ccccc1)N1CCNC[C@H]1Cc1ccccc1. The Morgan fingerprint density at radius 2 is 1.70 bits per heavy atom. The van der Waals surface area contributed by atoms with E-state index in [2.05, 4.69) is 34.1 Å². The largest absolute Gasteiger partial charge is 0.393 e. The summed E-state index contributed by atoms with van der Waals surface area (Å²) in [5, 5.41) is 13.4. The number of imidazole rings is 1. The van der Waals surface area contributed by atoms with Crippen LogP contribution >= 0.6 is 0 Å². The Kier molecular flexibility index (Phi) is 6.55. The number of hydrogen-bond donors (Lipinski definition) is 2. The van der Waals surface area contributed by atoms with Gasteiger partial charge in [-0.1, -0.05) is 60.7 Å². The minimum absolute atomic E-state index is 0.00544. The van der Waals surface area contributed by atoms with Crippen molar-refractivity contribution < 1.29 is 9.90 Å². The van der Waals surface area contributed by atoms with Gasteiger partial charge in [-0.15, -0.1) is 0 Å². The number of benzene rings is 2. The Labute approximate surface area is 195 Å². The third kappa shape index (κ3) is 4.72. The number of carbonyl (C=O) groups is 1. The second-order valence-corrected chi connectivity index (χ2v) is 9.22. The van der Waals surface area contributed by atoms with E-state index in [1.54, 1.807) is 0 Å². The van der Waals surface area contributed by atoms with Crippen LogP contribution in [0.5, 0.6) is 0 Å². The van der Waals surface area contributed by atoms with Crippen molar-refractivity contribution in [3.8, 4) is 11.3 Å². The lowest BCUT2D eigenvalue weighted by atomic mass is 9.92. The number of rotatable bonds is 5. The smallest absolute Gasteiger partial charge is 0.275 e. The second-order valence-electron chi connectivity index (χ2n) is 9.22.